The quantitative estimate of drug-likeness (QED) is 0.573. The molecule has 0 bridgehead atoms. The van der Waals surface area contributed by atoms with Crippen LogP contribution in [0.1, 0.15) is 25.3 Å². The van der Waals surface area contributed by atoms with Crippen LogP contribution in [-0.4, -0.2) is 6.08 Å². The first-order valence-corrected chi connectivity index (χ1v) is 5.99. The summed E-state index contributed by atoms with van der Waals surface area (Å²) in [4.78, 5) is 14.1. The molecule has 0 unspecified atom stereocenters. The summed E-state index contributed by atoms with van der Waals surface area (Å²) in [5.41, 5.74) is 3.98. The Morgan fingerprint density at radius 1 is 1.00 bits per heavy atom. The number of carbonyl (C=O) groups excluding carboxylic acids is 1. The summed E-state index contributed by atoms with van der Waals surface area (Å²) in [6, 6.07) is 15.9. The molecule has 2 nitrogen and oxygen atoms in total. The van der Waals surface area contributed by atoms with Crippen molar-refractivity contribution in [3.05, 3.63) is 54.1 Å². The van der Waals surface area contributed by atoms with Crippen molar-refractivity contribution in [1.82, 2.24) is 0 Å². The van der Waals surface area contributed by atoms with Gasteiger partial charge >= 0.3 is 0 Å². The molecular weight excluding hydrogens is 222 g/mol. The van der Waals surface area contributed by atoms with Crippen molar-refractivity contribution in [2.24, 2.45) is 4.99 Å². The van der Waals surface area contributed by atoms with E-state index in [1.54, 1.807) is 6.08 Å². The Bertz CT molecular complexity index is 578. The number of isocyanates is 1. The van der Waals surface area contributed by atoms with E-state index in [0.29, 0.717) is 11.6 Å². The van der Waals surface area contributed by atoms with Crippen molar-refractivity contribution in [3.63, 3.8) is 0 Å². The van der Waals surface area contributed by atoms with Gasteiger partial charge in [0.2, 0.25) is 6.08 Å². The van der Waals surface area contributed by atoms with E-state index < -0.39 is 0 Å². The van der Waals surface area contributed by atoms with E-state index >= 15 is 0 Å². The van der Waals surface area contributed by atoms with Gasteiger partial charge in [-0.15, -0.1) is 0 Å². The Balaban J connectivity index is 2.45. The third kappa shape index (κ3) is 2.55. The predicted octanol–water partition coefficient (Wildman–Crippen LogP) is 4.44. The Hall–Kier alpha value is -2.18. The lowest BCUT2D eigenvalue weighted by atomic mass is 9.98. The Morgan fingerprint density at radius 2 is 1.67 bits per heavy atom. The van der Waals surface area contributed by atoms with Crippen LogP contribution >= 0.6 is 0 Å². The van der Waals surface area contributed by atoms with Crippen molar-refractivity contribution in [2.45, 2.75) is 19.8 Å². The molecule has 0 saturated carbocycles. The second kappa shape index (κ2) is 5.44. The van der Waals surface area contributed by atoms with E-state index in [2.05, 4.69) is 43.1 Å². The summed E-state index contributed by atoms with van der Waals surface area (Å²) in [6.45, 7) is 4.33. The molecule has 0 amide bonds. The second-order valence-corrected chi connectivity index (χ2v) is 4.50. The van der Waals surface area contributed by atoms with Crippen molar-refractivity contribution < 1.29 is 4.79 Å². The molecule has 0 atom stereocenters. The number of benzene rings is 2. The first-order valence-electron chi connectivity index (χ1n) is 5.99. The number of hydrogen-bond acceptors (Lipinski definition) is 2. The lowest BCUT2D eigenvalue weighted by Crippen LogP contribution is -1.86. The van der Waals surface area contributed by atoms with Gasteiger partial charge in [0.05, 0.1) is 5.69 Å². The summed E-state index contributed by atoms with van der Waals surface area (Å²) in [5, 5.41) is 0. The highest BCUT2D eigenvalue weighted by atomic mass is 16.1. The van der Waals surface area contributed by atoms with Gasteiger partial charge in [-0.3, -0.25) is 0 Å². The van der Waals surface area contributed by atoms with Gasteiger partial charge in [0, 0.05) is 5.56 Å². The van der Waals surface area contributed by atoms with Crippen molar-refractivity contribution in [2.75, 3.05) is 0 Å². The molecule has 0 N–H and O–H groups in total. The summed E-state index contributed by atoms with van der Waals surface area (Å²) in [7, 11) is 0. The van der Waals surface area contributed by atoms with E-state index in [4.69, 9.17) is 0 Å². The highest BCUT2D eigenvalue weighted by Gasteiger charge is 2.04. The maximum atomic E-state index is 10.4. The molecule has 0 fully saturated rings. The van der Waals surface area contributed by atoms with Crippen LogP contribution in [0, 0.1) is 0 Å². The highest BCUT2D eigenvalue weighted by molar-refractivity contribution is 5.77. The van der Waals surface area contributed by atoms with Crippen LogP contribution in [0.3, 0.4) is 0 Å². The van der Waals surface area contributed by atoms with Crippen LogP contribution in [0.25, 0.3) is 11.1 Å². The monoisotopic (exact) mass is 237 g/mol. The molecule has 0 aliphatic heterocycles. The molecule has 0 aliphatic carbocycles. The van der Waals surface area contributed by atoms with Gasteiger partial charge < -0.3 is 0 Å². The minimum Gasteiger partial charge on any atom is -0.211 e. The first kappa shape index (κ1) is 12.3. The Kier molecular flexibility index (Phi) is 3.71. The average Bonchev–Trinajstić information content (AvgIpc) is 2.40. The molecule has 2 aromatic carbocycles. The summed E-state index contributed by atoms with van der Waals surface area (Å²) >= 11 is 0. The SMILES string of the molecule is CC(C)c1ccc(-c2ccccc2N=C=O)cc1. The molecule has 0 radical (unpaired) electrons. The fourth-order valence-corrected chi connectivity index (χ4v) is 1.91. The number of nitrogens with zero attached hydrogens (tertiary/aromatic N) is 1. The number of aliphatic imine (C=N–C) groups is 1. The zero-order valence-corrected chi connectivity index (χ0v) is 10.6. The van der Waals surface area contributed by atoms with E-state index in [0.717, 1.165) is 11.1 Å². The maximum absolute atomic E-state index is 10.4. The Labute approximate surface area is 107 Å². The van der Waals surface area contributed by atoms with Crippen LogP contribution in [0.15, 0.2) is 53.5 Å². The lowest BCUT2D eigenvalue weighted by molar-refractivity contribution is 0.565. The van der Waals surface area contributed by atoms with Crippen molar-refractivity contribution in [1.29, 1.82) is 0 Å². The molecule has 0 spiro atoms. The van der Waals surface area contributed by atoms with Gasteiger partial charge in [0.1, 0.15) is 0 Å². The van der Waals surface area contributed by atoms with Crippen LogP contribution in [0.2, 0.25) is 0 Å². The summed E-state index contributed by atoms with van der Waals surface area (Å²) in [6.07, 6.45) is 1.60. The third-order valence-electron chi connectivity index (χ3n) is 2.96. The standard InChI is InChI=1S/C16H15NO/c1-12(2)13-7-9-14(10-8-13)15-5-3-4-6-16(15)17-11-18/h3-10,12H,1-2H3. The maximum Gasteiger partial charge on any atom is 0.240 e. The van der Waals surface area contributed by atoms with Gasteiger partial charge in [-0.25, -0.2) is 4.79 Å². The van der Waals surface area contributed by atoms with Crippen LogP contribution in [-0.2, 0) is 4.79 Å². The molecule has 18 heavy (non-hydrogen) atoms. The molecule has 2 rings (SSSR count). The van der Waals surface area contributed by atoms with Crippen molar-refractivity contribution >= 4 is 11.8 Å². The van der Waals surface area contributed by atoms with Gasteiger partial charge in [-0.1, -0.05) is 56.3 Å². The van der Waals surface area contributed by atoms with E-state index in [9.17, 15) is 4.79 Å². The van der Waals surface area contributed by atoms with Gasteiger partial charge in [-0.2, -0.15) is 4.99 Å². The fraction of sp³-hybridized carbons (Fsp3) is 0.188. The Morgan fingerprint density at radius 3 is 2.28 bits per heavy atom. The van der Waals surface area contributed by atoms with Crippen molar-refractivity contribution in [3.8, 4) is 11.1 Å². The van der Waals surface area contributed by atoms with Crippen LogP contribution in [0.5, 0.6) is 0 Å². The number of rotatable bonds is 3. The minimum absolute atomic E-state index is 0.516. The molecule has 0 aromatic heterocycles. The number of para-hydroxylation sites is 1. The van der Waals surface area contributed by atoms with E-state index in [-0.39, 0.29) is 0 Å². The first-order chi connectivity index (χ1) is 8.72. The molecule has 2 aromatic rings. The molecule has 0 aliphatic rings. The van der Waals surface area contributed by atoms with Crippen LogP contribution in [0.4, 0.5) is 5.69 Å². The second-order valence-electron chi connectivity index (χ2n) is 4.50. The molecule has 90 valence electrons. The van der Waals surface area contributed by atoms with E-state index in [1.165, 1.54) is 5.56 Å². The van der Waals surface area contributed by atoms with Gasteiger partial charge in [-0.05, 0) is 23.1 Å². The van der Waals surface area contributed by atoms with Gasteiger partial charge in [0.15, 0.2) is 0 Å². The van der Waals surface area contributed by atoms with Gasteiger partial charge in [0.25, 0.3) is 0 Å². The number of hydrogen-bond donors (Lipinski definition) is 0. The highest BCUT2D eigenvalue weighted by Crippen LogP contribution is 2.30. The average molecular weight is 237 g/mol. The molecule has 0 heterocycles. The molecular formula is C16H15NO. The van der Waals surface area contributed by atoms with Crippen LogP contribution < -0.4 is 0 Å². The topological polar surface area (TPSA) is 29.4 Å². The molecule has 2 heteroatoms. The predicted molar refractivity (Wildman–Crippen MR) is 73.7 cm³/mol. The fourth-order valence-electron chi connectivity index (χ4n) is 1.91. The third-order valence-corrected chi connectivity index (χ3v) is 2.96. The zero-order valence-electron chi connectivity index (χ0n) is 10.6. The summed E-state index contributed by atoms with van der Waals surface area (Å²) in [5.74, 6) is 0.516. The molecule has 0 saturated heterocycles. The largest absolute Gasteiger partial charge is 0.240 e. The lowest BCUT2D eigenvalue weighted by Gasteiger charge is -2.08. The van der Waals surface area contributed by atoms with E-state index in [1.807, 2.05) is 24.3 Å². The minimum atomic E-state index is 0.516. The smallest absolute Gasteiger partial charge is 0.211 e. The zero-order chi connectivity index (χ0) is 13.0. The normalized spacial score (nSPS) is 10.2. The summed E-state index contributed by atoms with van der Waals surface area (Å²) < 4.78 is 0.